The van der Waals surface area contributed by atoms with Crippen molar-refractivity contribution in [3.05, 3.63) is 65.7 Å². The Morgan fingerprint density at radius 2 is 1.76 bits per heavy atom. The van der Waals surface area contributed by atoms with Crippen molar-refractivity contribution in [2.24, 2.45) is 11.1 Å². The lowest BCUT2D eigenvalue weighted by atomic mass is 9.79. The van der Waals surface area contributed by atoms with Crippen LogP contribution in [-0.4, -0.2) is 24.2 Å². The molecule has 0 aliphatic carbocycles. The molecule has 0 aliphatic heterocycles. The summed E-state index contributed by atoms with van der Waals surface area (Å²) < 4.78 is 5.46. The highest BCUT2D eigenvalue weighted by Crippen LogP contribution is 2.30. The number of hydrogen-bond donors (Lipinski definition) is 2. The topological polar surface area (TPSA) is 72.5 Å². The smallest absolute Gasteiger partial charge is 0.309 e. The second kappa shape index (κ2) is 9.23. The van der Waals surface area contributed by atoms with Gasteiger partial charge in [-0.15, -0.1) is 0 Å². The zero-order valence-corrected chi connectivity index (χ0v) is 14.8. The van der Waals surface area contributed by atoms with Crippen LogP contribution in [0.15, 0.2) is 54.6 Å². The molecule has 2 rings (SSSR count). The standard InChI is InChI=1S/C21H27NO3/c1-21(20(23)24,13-5-8-17-6-3-2-4-7-17)16-18-9-11-19(12-10-18)25-15-14-22/h2-4,6-7,9-12H,5,8,13-16,22H2,1H3,(H,23,24). The third-order valence-electron chi connectivity index (χ3n) is 4.46. The van der Waals surface area contributed by atoms with Gasteiger partial charge in [0.15, 0.2) is 0 Å². The second-order valence-electron chi connectivity index (χ2n) is 6.66. The zero-order valence-electron chi connectivity index (χ0n) is 14.8. The molecule has 0 heterocycles. The molecule has 134 valence electrons. The predicted octanol–water partition coefficient (Wildman–Crippen LogP) is 3.68. The highest BCUT2D eigenvalue weighted by molar-refractivity contribution is 5.74. The summed E-state index contributed by atoms with van der Waals surface area (Å²) in [5, 5.41) is 9.72. The largest absolute Gasteiger partial charge is 0.492 e. The van der Waals surface area contributed by atoms with Crippen LogP contribution in [0.5, 0.6) is 5.75 Å². The van der Waals surface area contributed by atoms with Gasteiger partial charge in [0.05, 0.1) is 5.41 Å². The van der Waals surface area contributed by atoms with Gasteiger partial charge in [-0.1, -0.05) is 42.5 Å². The molecule has 3 N–H and O–H groups in total. The van der Waals surface area contributed by atoms with Crippen LogP contribution in [0.3, 0.4) is 0 Å². The maximum atomic E-state index is 11.8. The minimum atomic E-state index is -0.769. The Labute approximate surface area is 149 Å². The predicted molar refractivity (Wildman–Crippen MR) is 99.8 cm³/mol. The van der Waals surface area contributed by atoms with Gasteiger partial charge in [0.1, 0.15) is 12.4 Å². The average Bonchev–Trinajstić information content (AvgIpc) is 2.62. The first-order chi connectivity index (χ1) is 12.0. The summed E-state index contributed by atoms with van der Waals surface area (Å²) in [6.07, 6.45) is 2.90. The van der Waals surface area contributed by atoms with Crippen molar-refractivity contribution in [3.63, 3.8) is 0 Å². The number of hydrogen-bond acceptors (Lipinski definition) is 3. The van der Waals surface area contributed by atoms with Gasteiger partial charge in [-0.05, 0) is 55.9 Å². The van der Waals surface area contributed by atoms with Crippen LogP contribution >= 0.6 is 0 Å². The first kappa shape index (κ1) is 19.0. The number of carboxylic acid groups (broad SMARTS) is 1. The zero-order chi connectivity index (χ0) is 18.1. The fourth-order valence-corrected chi connectivity index (χ4v) is 2.93. The maximum Gasteiger partial charge on any atom is 0.309 e. The van der Waals surface area contributed by atoms with E-state index in [-0.39, 0.29) is 0 Å². The summed E-state index contributed by atoms with van der Waals surface area (Å²) in [6.45, 7) is 2.78. The van der Waals surface area contributed by atoms with Crippen LogP contribution in [0, 0.1) is 5.41 Å². The number of rotatable bonds is 10. The van der Waals surface area contributed by atoms with Crippen LogP contribution in [0.4, 0.5) is 0 Å². The fourth-order valence-electron chi connectivity index (χ4n) is 2.93. The van der Waals surface area contributed by atoms with E-state index in [4.69, 9.17) is 10.5 Å². The van der Waals surface area contributed by atoms with Crippen LogP contribution in [-0.2, 0) is 17.6 Å². The molecular formula is C21H27NO3. The van der Waals surface area contributed by atoms with Crippen molar-refractivity contribution in [3.8, 4) is 5.75 Å². The van der Waals surface area contributed by atoms with Crippen molar-refractivity contribution in [2.75, 3.05) is 13.2 Å². The Bertz CT molecular complexity index is 655. The summed E-state index contributed by atoms with van der Waals surface area (Å²) in [6, 6.07) is 17.8. The van der Waals surface area contributed by atoms with Crippen molar-refractivity contribution in [1.29, 1.82) is 0 Å². The molecule has 4 nitrogen and oxygen atoms in total. The van der Waals surface area contributed by atoms with Crippen LogP contribution in [0.25, 0.3) is 0 Å². The third-order valence-corrected chi connectivity index (χ3v) is 4.46. The molecule has 0 saturated carbocycles. The number of ether oxygens (including phenoxy) is 1. The molecule has 0 fully saturated rings. The number of carboxylic acids is 1. The molecule has 4 heteroatoms. The quantitative estimate of drug-likeness (QED) is 0.691. The van der Waals surface area contributed by atoms with E-state index in [0.29, 0.717) is 26.0 Å². The Kier molecular flexibility index (Phi) is 7.02. The molecule has 0 bridgehead atoms. The van der Waals surface area contributed by atoms with E-state index >= 15 is 0 Å². The molecule has 2 aromatic rings. The highest BCUT2D eigenvalue weighted by Gasteiger charge is 2.32. The normalized spacial score (nSPS) is 13.2. The van der Waals surface area contributed by atoms with E-state index in [2.05, 4.69) is 12.1 Å². The first-order valence-electron chi connectivity index (χ1n) is 8.73. The average molecular weight is 341 g/mol. The molecule has 25 heavy (non-hydrogen) atoms. The number of aliphatic carboxylic acids is 1. The molecular weight excluding hydrogens is 314 g/mol. The van der Waals surface area contributed by atoms with E-state index in [1.54, 1.807) is 0 Å². The highest BCUT2D eigenvalue weighted by atomic mass is 16.5. The number of carbonyl (C=O) groups is 1. The molecule has 0 spiro atoms. The summed E-state index contributed by atoms with van der Waals surface area (Å²) in [5.41, 5.74) is 6.90. The third kappa shape index (κ3) is 5.91. The Morgan fingerprint density at radius 3 is 2.36 bits per heavy atom. The number of nitrogens with two attached hydrogens (primary N) is 1. The molecule has 0 radical (unpaired) electrons. The van der Waals surface area contributed by atoms with Gasteiger partial charge < -0.3 is 15.6 Å². The fraction of sp³-hybridized carbons (Fsp3) is 0.381. The van der Waals surface area contributed by atoms with Gasteiger partial charge in [0.25, 0.3) is 0 Å². The number of benzene rings is 2. The van der Waals surface area contributed by atoms with Gasteiger partial charge >= 0.3 is 5.97 Å². The molecule has 0 aromatic heterocycles. The van der Waals surface area contributed by atoms with E-state index in [1.165, 1.54) is 5.56 Å². The second-order valence-corrected chi connectivity index (χ2v) is 6.66. The molecule has 0 aliphatic rings. The van der Waals surface area contributed by atoms with Crippen LogP contribution in [0.1, 0.15) is 30.9 Å². The van der Waals surface area contributed by atoms with Crippen molar-refractivity contribution < 1.29 is 14.6 Å². The van der Waals surface area contributed by atoms with E-state index in [9.17, 15) is 9.90 Å². The molecule has 0 amide bonds. The summed E-state index contributed by atoms with van der Waals surface area (Å²) in [5.74, 6) is 0.0133. The van der Waals surface area contributed by atoms with Crippen LogP contribution < -0.4 is 10.5 Å². The van der Waals surface area contributed by atoms with Crippen molar-refractivity contribution >= 4 is 5.97 Å². The summed E-state index contributed by atoms with van der Waals surface area (Å²) in [7, 11) is 0. The molecule has 2 aromatic carbocycles. The lowest BCUT2D eigenvalue weighted by molar-refractivity contribution is -0.148. The molecule has 0 saturated heterocycles. The van der Waals surface area contributed by atoms with Gasteiger partial charge in [-0.2, -0.15) is 0 Å². The van der Waals surface area contributed by atoms with E-state index < -0.39 is 11.4 Å². The minimum Gasteiger partial charge on any atom is -0.492 e. The SMILES string of the molecule is CC(CCCc1ccccc1)(Cc1ccc(OCCN)cc1)C(=O)O. The molecule has 1 atom stereocenters. The monoisotopic (exact) mass is 341 g/mol. The Hall–Kier alpha value is -2.33. The maximum absolute atomic E-state index is 11.8. The number of aryl methyl sites for hydroxylation is 1. The lowest BCUT2D eigenvalue weighted by Gasteiger charge is -2.25. The van der Waals surface area contributed by atoms with E-state index in [1.807, 2.05) is 49.4 Å². The summed E-state index contributed by atoms with van der Waals surface area (Å²) in [4.78, 5) is 11.8. The minimum absolute atomic E-state index is 0.472. The summed E-state index contributed by atoms with van der Waals surface area (Å²) >= 11 is 0. The van der Waals surface area contributed by atoms with Crippen LogP contribution in [0.2, 0.25) is 0 Å². The van der Waals surface area contributed by atoms with Gasteiger partial charge in [-0.3, -0.25) is 4.79 Å². The van der Waals surface area contributed by atoms with Gasteiger partial charge in [-0.25, -0.2) is 0 Å². The van der Waals surface area contributed by atoms with E-state index in [0.717, 1.165) is 24.2 Å². The van der Waals surface area contributed by atoms with Gasteiger partial charge in [0.2, 0.25) is 0 Å². The Morgan fingerprint density at radius 1 is 1.08 bits per heavy atom. The van der Waals surface area contributed by atoms with Gasteiger partial charge in [0, 0.05) is 6.54 Å². The van der Waals surface area contributed by atoms with Crippen molar-refractivity contribution in [2.45, 2.75) is 32.6 Å². The first-order valence-corrected chi connectivity index (χ1v) is 8.73. The van der Waals surface area contributed by atoms with Crippen molar-refractivity contribution in [1.82, 2.24) is 0 Å². The Balaban J connectivity index is 1.95. The molecule has 1 unspecified atom stereocenters. The lowest BCUT2D eigenvalue weighted by Crippen LogP contribution is -2.30.